The fourth-order valence-corrected chi connectivity index (χ4v) is 5.77. The van der Waals surface area contributed by atoms with Crippen LogP contribution in [0.4, 0.5) is 0 Å². The zero-order valence-corrected chi connectivity index (χ0v) is 21.3. The van der Waals surface area contributed by atoms with E-state index in [-0.39, 0.29) is 0 Å². The Balaban J connectivity index is 1.09. The van der Waals surface area contributed by atoms with E-state index in [4.69, 9.17) is 9.84 Å². The average molecular weight is 535 g/mol. The van der Waals surface area contributed by atoms with Gasteiger partial charge in [-0.3, -0.25) is 4.90 Å². The van der Waals surface area contributed by atoms with E-state index >= 15 is 0 Å². The first-order valence-electron chi connectivity index (χ1n) is 12.3. The van der Waals surface area contributed by atoms with Gasteiger partial charge in [-0.05, 0) is 97.8 Å². The van der Waals surface area contributed by atoms with E-state index in [1.165, 1.54) is 31.2 Å². The Morgan fingerprint density at radius 1 is 0.886 bits per heavy atom. The predicted octanol–water partition coefficient (Wildman–Crippen LogP) is 6.47. The highest BCUT2D eigenvalue weighted by Gasteiger charge is 2.40. The fourth-order valence-electron chi connectivity index (χ4n) is 5.51. The van der Waals surface area contributed by atoms with Crippen LogP contribution in [0.25, 0.3) is 0 Å². The van der Waals surface area contributed by atoms with Gasteiger partial charge in [-0.2, -0.15) is 0 Å². The number of hydrogen-bond acceptors (Lipinski definition) is 4. The number of halogens is 1. The second-order valence-electron chi connectivity index (χ2n) is 9.73. The van der Waals surface area contributed by atoms with Gasteiger partial charge in [0.2, 0.25) is 0 Å². The molecule has 6 heteroatoms. The Labute approximate surface area is 215 Å². The van der Waals surface area contributed by atoms with E-state index in [2.05, 4.69) is 50.4 Å². The molecule has 0 saturated carbocycles. The lowest BCUT2D eigenvalue weighted by atomic mass is 9.90. The average Bonchev–Trinajstić information content (AvgIpc) is 3.08. The summed E-state index contributed by atoms with van der Waals surface area (Å²) in [6.45, 7) is 2.80. The van der Waals surface area contributed by atoms with E-state index in [0.29, 0.717) is 23.6 Å². The van der Waals surface area contributed by atoms with E-state index in [1.54, 1.807) is 12.1 Å². The number of benzene rings is 3. The van der Waals surface area contributed by atoms with Crippen molar-refractivity contribution >= 4 is 21.9 Å². The van der Waals surface area contributed by atoms with Crippen molar-refractivity contribution in [1.82, 2.24) is 10.2 Å². The topological polar surface area (TPSA) is 61.8 Å². The Hall–Kier alpha value is -2.67. The van der Waals surface area contributed by atoms with Crippen molar-refractivity contribution in [2.45, 2.75) is 50.9 Å². The number of ether oxygens (including phenoxy) is 1. The van der Waals surface area contributed by atoms with Gasteiger partial charge in [-0.15, -0.1) is 0 Å². The molecule has 0 aliphatic carbocycles. The molecule has 182 valence electrons. The Kier molecular flexibility index (Phi) is 7.51. The molecule has 2 atom stereocenters. The molecule has 2 aliphatic rings. The highest BCUT2D eigenvalue weighted by molar-refractivity contribution is 9.10. The zero-order chi connectivity index (χ0) is 24.2. The maximum atomic E-state index is 11.0. The number of rotatable bonds is 9. The number of aromatic carboxylic acids is 1. The van der Waals surface area contributed by atoms with E-state index in [9.17, 15) is 4.79 Å². The Bertz CT molecular complexity index is 1120. The molecule has 0 amide bonds. The summed E-state index contributed by atoms with van der Waals surface area (Å²) in [6, 6.07) is 24.9. The van der Waals surface area contributed by atoms with Gasteiger partial charge in [0.15, 0.2) is 0 Å². The SMILES string of the molecule is O=C(O)c1ccc(CNCC2CC3CCC(C2)N3Cc2ccc(Oc3ccc(Br)cc3)cc2)cc1. The minimum atomic E-state index is -0.878. The maximum absolute atomic E-state index is 11.0. The summed E-state index contributed by atoms with van der Waals surface area (Å²) in [5.41, 5.74) is 2.80. The molecule has 2 unspecified atom stereocenters. The van der Waals surface area contributed by atoms with Crippen LogP contribution in [0.2, 0.25) is 0 Å². The number of piperidine rings is 1. The molecule has 2 bridgehead atoms. The van der Waals surface area contributed by atoms with Crippen molar-refractivity contribution in [2.24, 2.45) is 5.92 Å². The molecule has 3 aromatic rings. The molecule has 35 heavy (non-hydrogen) atoms. The van der Waals surface area contributed by atoms with Gasteiger partial charge in [-0.1, -0.05) is 40.2 Å². The molecule has 2 N–H and O–H groups in total. The summed E-state index contributed by atoms with van der Waals surface area (Å²) in [5.74, 6) is 1.52. The lowest BCUT2D eigenvalue weighted by molar-refractivity contribution is 0.0697. The van der Waals surface area contributed by atoms with Gasteiger partial charge in [0.25, 0.3) is 0 Å². The molecule has 0 spiro atoms. The Morgan fingerprint density at radius 2 is 1.46 bits per heavy atom. The lowest BCUT2D eigenvalue weighted by Gasteiger charge is -2.39. The van der Waals surface area contributed by atoms with Crippen molar-refractivity contribution in [1.29, 1.82) is 0 Å². The molecule has 3 aromatic carbocycles. The standard InChI is InChI=1S/C29H31BrN2O3/c30-24-7-13-28(14-8-24)35-27-11-3-21(4-12-27)19-32-25-9-10-26(32)16-22(15-25)18-31-17-20-1-5-23(6-2-20)29(33)34/h1-8,11-14,22,25-26,31H,9-10,15-19H2,(H,33,34). The van der Waals surface area contributed by atoms with Crippen molar-refractivity contribution in [3.63, 3.8) is 0 Å². The maximum Gasteiger partial charge on any atom is 0.335 e. The van der Waals surface area contributed by atoms with Crippen LogP contribution >= 0.6 is 15.9 Å². The lowest BCUT2D eigenvalue weighted by Crippen LogP contribution is -2.44. The van der Waals surface area contributed by atoms with Gasteiger partial charge < -0.3 is 15.2 Å². The number of carboxylic acid groups (broad SMARTS) is 1. The largest absolute Gasteiger partial charge is 0.478 e. The second kappa shape index (κ2) is 10.9. The Morgan fingerprint density at radius 3 is 2.06 bits per heavy atom. The third-order valence-corrected chi connectivity index (χ3v) is 7.81. The minimum Gasteiger partial charge on any atom is -0.478 e. The van der Waals surface area contributed by atoms with E-state index in [1.807, 2.05) is 36.4 Å². The molecule has 2 fully saturated rings. The second-order valence-corrected chi connectivity index (χ2v) is 10.6. The molecule has 0 aromatic heterocycles. The number of nitrogens with one attached hydrogen (secondary N) is 1. The third kappa shape index (κ3) is 6.13. The third-order valence-electron chi connectivity index (χ3n) is 7.28. The summed E-state index contributed by atoms with van der Waals surface area (Å²) < 4.78 is 7.01. The summed E-state index contributed by atoms with van der Waals surface area (Å²) in [4.78, 5) is 13.7. The quantitative estimate of drug-likeness (QED) is 0.329. The molecular weight excluding hydrogens is 504 g/mol. The number of fused-ring (bicyclic) bond motifs is 2. The molecule has 5 rings (SSSR count). The van der Waals surface area contributed by atoms with Gasteiger partial charge in [0, 0.05) is 29.6 Å². The van der Waals surface area contributed by atoms with Gasteiger partial charge in [0.1, 0.15) is 11.5 Å². The fraction of sp³-hybridized carbons (Fsp3) is 0.345. The molecule has 2 heterocycles. The van der Waals surface area contributed by atoms with Gasteiger partial charge >= 0.3 is 5.97 Å². The van der Waals surface area contributed by atoms with Crippen LogP contribution in [-0.4, -0.2) is 34.6 Å². The normalized spacial score (nSPS) is 21.7. The first-order valence-corrected chi connectivity index (χ1v) is 13.1. The van der Waals surface area contributed by atoms with Crippen LogP contribution in [0.5, 0.6) is 11.5 Å². The van der Waals surface area contributed by atoms with Crippen LogP contribution in [0, 0.1) is 5.92 Å². The molecule has 2 saturated heterocycles. The van der Waals surface area contributed by atoms with Crippen LogP contribution in [-0.2, 0) is 13.1 Å². The number of nitrogens with zero attached hydrogens (tertiary/aromatic N) is 1. The van der Waals surface area contributed by atoms with Crippen molar-refractivity contribution in [3.8, 4) is 11.5 Å². The monoisotopic (exact) mass is 534 g/mol. The summed E-state index contributed by atoms with van der Waals surface area (Å²) in [5, 5.41) is 12.6. The van der Waals surface area contributed by atoms with Gasteiger partial charge in [0.05, 0.1) is 5.56 Å². The van der Waals surface area contributed by atoms with Crippen LogP contribution in [0.15, 0.2) is 77.3 Å². The minimum absolute atomic E-state index is 0.337. The molecule has 2 aliphatic heterocycles. The van der Waals surface area contributed by atoms with Crippen molar-refractivity contribution in [2.75, 3.05) is 6.54 Å². The van der Waals surface area contributed by atoms with Crippen molar-refractivity contribution in [3.05, 3.63) is 94.0 Å². The zero-order valence-electron chi connectivity index (χ0n) is 19.7. The van der Waals surface area contributed by atoms with E-state index < -0.39 is 5.97 Å². The smallest absolute Gasteiger partial charge is 0.335 e. The molecule has 0 radical (unpaired) electrons. The van der Waals surface area contributed by atoms with Crippen LogP contribution in [0.1, 0.15) is 47.2 Å². The van der Waals surface area contributed by atoms with Crippen LogP contribution < -0.4 is 10.1 Å². The summed E-state index contributed by atoms with van der Waals surface area (Å²) in [7, 11) is 0. The number of carboxylic acids is 1. The molecular formula is C29H31BrN2O3. The number of carbonyl (C=O) groups is 1. The summed E-state index contributed by atoms with van der Waals surface area (Å²) in [6.07, 6.45) is 5.07. The highest BCUT2D eigenvalue weighted by atomic mass is 79.9. The summed E-state index contributed by atoms with van der Waals surface area (Å²) >= 11 is 3.45. The molecule has 5 nitrogen and oxygen atoms in total. The predicted molar refractivity (Wildman–Crippen MR) is 141 cm³/mol. The van der Waals surface area contributed by atoms with E-state index in [0.717, 1.165) is 41.2 Å². The number of hydrogen-bond donors (Lipinski definition) is 2. The first-order chi connectivity index (χ1) is 17.0. The van der Waals surface area contributed by atoms with Gasteiger partial charge in [-0.25, -0.2) is 4.79 Å². The van der Waals surface area contributed by atoms with Crippen molar-refractivity contribution < 1.29 is 14.6 Å². The highest BCUT2D eigenvalue weighted by Crippen LogP contribution is 2.39. The first kappa shape index (κ1) is 24.0. The van der Waals surface area contributed by atoms with Crippen LogP contribution in [0.3, 0.4) is 0 Å².